The van der Waals surface area contributed by atoms with E-state index in [-0.39, 0.29) is 18.5 Å². The van der Waals surface area contributed by atoms with Crippen LogP contribution in [0, 0.1) is 11.8 Å². The lowest BCUT2D eigenvalue weighted by atomic mass is 9.99. The minimum Gasteiger partial charge on any atom is -0.488 e. The van der Waals surface area contributed by atoms with Gasteiger partial charge in [-0.15, -0.1) is 0 Å². The molecule has 2 saturated heterocycles. The van der Waals surface area contributed by atoms with Crippen molar-refractivity contribution in [3.8, 4) is 5.75 Å². The Bertz CT molecular complexity index is 609. The number of carboxylic acid groups (broad SMARTS) is 1. The lowest BCUT2D eigenvalue weighted by Gasteiger charge is -2.29. The number of carbonyl (C=O) groups is 2. The van der Waals surface area contributed by atoms with Crippen molar-refractivity contribution < 1.29 is 24.2 Å². The normalized spacial score (nSPS) is 27.4. The van der Waals surface area contributed by atoms with Gasteiger partial charge in [-0.05, 0) is 30.9 Å². The van der Waals surface area contributed by atoms with E-state index in [1.165, 1.54) is 6.42 Å². The number of hydrogen-bond acceptors (Lipinski definition) is 6. The zero-order valence-electron chi connectivity index (χ0n) is 15.4. The third-order valence-corrected chi connectivity index (χ3v) is 5.51. The van der Waals surface area contributed by atoms with Crippen molar-refractivity contribution in [2.24, 2.45) is 11.8 Å². The third kappa shape index (κ3) is 5.17. The molecule has 3 heterocycles. The molecule has 0 spiro atoms. The van der Waals surface area contributed by atoms with Crippen LogP contribution < -0.4 is 4.74 Å². The largest absolute Gasteiger partial charge is 0.488 e. The number of hydrogen-bond donors (Lipinski definition) is 1. The van der Waals surface area contributed by atoms with Gasteiger partial charge >= 0.3 is 0 Å². The average molecular weight is 377 g/mol. The van der Waals surface area contributed by atoms with E-state index < -0.39 is 0 Å². The summed E-state index contributed by atoms with van der Waals surface area (Å²) < 4.78 is 11.5. The van der Waals surface area contributed by atoms with Gasteiger partial charge in [0.1, 0.15) is 11.9 Å². The lowest BCUT2D eigenvalue weighted by Crippen LogP contribution is -2.45. The fourth-order valence-electron chi connectivity index (χ4n) is 4.28. The van der Waals surface area contributed by atoms with E-state index in [0.717, 1.165) is 38.3 Å². The molecule has 3 aliphatic rings. The average Bonchev–Trinajstić information content (AvgIpc) is 3.25. The zero-order chi connectivity index (χ0) is 19.1. The Kier molecular flexibility index (Phi) is 7.00. The Morgan fingerprint density at radius 2 is 2.11 bits per heavy atom. The Hall–Kier alpha value is -2.19. The van der Waals surface area contributed by atoms with Crippen LogP contribution in [0.4, 0.5) is 0 Å². The highest BCUT2D eigenvalue weighted by Gasteiger charge is 2.44. The second-order valence-corrected chi connectivity index (χ2v) is 7.14. The van der Waals surface area contributed by atoms with Gasteiger partial charge in [0.05, 0.1) is 26.0 Å². The zero-order valence-corrected chi connectivity index (χ0v) is 15.4. The molecule has 1 aromatic heterocycles. The van der Waals surface area contributed by atoms with Gasteiger partial charge in [0.15, 0.2) is 0 Å². The molecule has 1 aliphatic carbocycles. The first-order valence-electron chi connectivity index (χ1n) is 9.43. The van der Waals surface area contributed by atoms with Gasteiger partial charge in [-0.2, -0.15) is 0 Å². The number of ether oxygens (including phenoxy) is 2. The van der Waals surface area contributed by atoms with Crippen molar-refractivity contribution >= 4 is 12.4 Å². The van der Waals surface area contributed by atoms with E-state index >= 15 is 0 Å². The molecule has 3 fully saturated rings. The molecule has 0 bridgehead atoms. The van der Waals surface area contributed by atoms with Gasteiger partial charge in [0.25, 0.3) is 6.47 Å². The fourth-order valence-corrected chi connectivity index (χ4v) is 4.28. The van der Waals surface area contributed by atoms with Crippen LogP contribution in [0.5, 0.6) is 5.75 Å². The van der Waals surface area contributed by atoms with Crippen molar-refractivity contribution in [2.45, 2.75) is 18.9 Å². The molecule has 0 unspecified atom stereocenters. The summed E-state index contributed by atoms with van der Waals surface area (Å²) in [7, 11) is 0. The van der Waals surface area contributed by atoms with Crippen LogP contribution in [-0.2, 0) is 14.3 Å². The van der Waals surface area contributed by atoms with Crippen LogP contribution >= 0.6 is 0 Å². The Balaban J connectivity index is 0.000000659. The predicted octanol–water partition coefficient (Wildman–Crippen LogP) is 0.730. The SMILES string of the molecule is O=C(CN1C[C@H]2CC[C@@H](Oc3cccnc3)[C@H]2C1)N1CCOCC1.O=CO. The van der Waals surface area contributed by atoms with Crippen LogP contribution in [0.25, 0.3) is 0 Å². The molecular weight excluding hydrogens is 350 g/mol. The summed E-state index contributed by atoms with van der Waals surface area (Å²) in [5.41, 5.74) is 0. The van der Waals surface area contributed by atoms with E-state index in [2.05, 4.69) is 9.88 Å². The highest BCUT2D eigenvalue weighted by Crippen LogP contribution is 2.40. The summed E-state index contributed by atoms with van der Waals surface area (Å²) in [4.78, 5) is 29.2. The summed E-state index contributed by atoms with van der Waals surface area (Å²) in [6.45, 7) is 5.06. The van der Waals surface area contributed by atoms with Crippen molar-refractivity contribution in [2.75, 3.05) is 45.9 Å². The Labute approximate surface area is 159 Å². The standard InChI is InChI=1S/C18H25N3O3.CH2O2/c22-18(21-6-8-23-9-7-21)13-20-11-14-3-4-17(16(14)12-20)24-15-2-1-5-19-10-15;2-1-3/h1-2,5,10,14,16-17H,3-4,6-9,11-13H2;1H,(H,2,3)/t14-,16+,17-;/m1./s1. The maximum absolute atomic E-state index is 12.4. The van der Waals surface area contributed by atoms with E-state index in [4.69, 9.17) is 19.4 Å². The molecule has 148 valence electrons. The molecular formula is C19H27N3O5. The van der Waals surface area contributed by atoms with Gasteiger partial charge < -0.3 is 19.5 Å². The maximum Gasteiger partial charge on any atom is 0.290 e. The number of nitrogens with zero attached hydrogens (tertiary/aromatic N) is 3. The molecule has 1 amide bonds. The first-order chi connectivity index (χ1) is 13.2. The topological polar surface area (TPSA) is 92.2 Å². The molecule has 0 radical (unpaired) electrons. The van der Waals surface area contributed by atoms with Crippen molar-refractivity contribution in [1.29, 1.82) is 0 Å². The van der Waals surface area contributed by atoms with Crippen LogP contribution in [0.3, 0.4) is 0 Å². The van der Waals surface area contributed by atoms with Crippen LogP contribution in [-0.4, -0.2) is 84.3 Å². The lowest BCUT2D eigenvalue weighted by molar-refractivity contribution is -0.136. The number of carbonyl (C=O) groups excluding carboxylic acids is 1. The van der Waals surface area contributed by atoms with Gasteiger partial charge in [0, 0.05) is 38.3 Å². The summed E-state index contributed by atoms with van der Waals surface area (Å²) in [6.07, 6.45) is 6.09. The van der Waals surface area contributed by atoms with E-state index in [0.29, 0.717) is 31.6 Å². The number of rotatable bonds is 4. The summed E-state index contributed by atoms with van der Waals surface area (Å²) in [5.74, 6) is 2.28. The highest BCUT2D eigenvalue weighted by atomic mass is 16.5. The van der Waals surface area contributed by atoms with Crippen molar-refractivity contribution in [3.63, 3.8) is 0 Å². The first-order valence-corrected chi connectivity index (χ1v) is 9.43. The molecule has 1 saturated carbocycles. The number of morpholine rings is 1. The van der Waals surface area contributed by atoms with Gasteiger partial charge in [-0.25, -0.2) is 0 Å². The molecule has 8 nitrogen and oxygen atoms in total. The monoisotopic (exact) mass is 377 g/mol. The van der Waals surface area contributed by atoms with Gasteiger partial charge in [0.2, 0.25) is 5.91 Å². The van der Waals surface area contributed by atoms with Crippen molar-refractivity contribution in [1.82, 2.24) is 14.8 Å². The Morgan fingerprint density at radius 3 is 2.81 bits per heavy atom. The number of likely N-dealkylation sites (tertiary alicyclic amines) is 1. The Morgan fingerprint density at radius 1 is 1.33 bits per heavy atom. The fraction of sp³-hybridized carbons (Fsp3) is 0.632. The van der Waals surface area contributed by atoms with E-state index in [1.807, 2.05) is 17.0 Å². The molecule has 4 rings (SSSR count). The predicted molar refractivity (Wildman–Crippen MR) is 97.4 cm³/mol. The molecule has 3 atom stereocenters. The van der Waals surface area contributed by atoms with E-state index in [1.54, 1.807) is 12.4 Å². The molecule has 27 heavy (non-hydrogen) atoms. The van der Waals surface area contributed by atoms with Gasteiger partial charge in [-0.1, -0.05) is 0 Å². The van der Waals surface area contributed by atoms with Gasteiger partial charge in [-0.3, -0.25) is 19.5 Å². The highest BCUT2D eigenvalue weighted by molar-refractivity contribution is 5.78. The van der Waals surface area contributed by atoms with Crippen molar-refractivity contribution in [3.05, 3.63) is 24.5 Å². The molecule has 1 aromatic rings. The summed E-state index contributed by atoms with van der Waals surface area (Å²) in [5, 5.41) is 6.89. The number of aromatic nitrogens is 1. The quantitative estimate of drug-likeness (QED) is 0.774. The first kappa shape index (κ1) is 19.6. The second-order valence-electron chi connectivity index (χ2n) is 7.14. The second kappa shape index (κ2) is 9.66. The molecule has 8 heteroatoms. The number of amides is 1. The maximum atomic E-state index is 12.4. The van der Waals surface area contributed by atoms with Crippen LogP contribution in [0.1, 0.15) is 12.8 Å². The van der Waals surface area contributed by atoms with Crippen LogP contribution in [0.2, 0.25) is 0 Å². The molecule has 1 N–H and O–H groups in total. The molecule has 0 aromatic carbocycles. The minimum atomic E-state index is -0.250. The third-order valence-electron chi connectivity index (χ3n) is 5.51. The molecule has 2 aliphatic heterocycles. The summed E-state index contributed by atoms with van der Waals surface area (Å²) in [6, 6.07) is 3.87. The number of fused-ring (bicyclic) bond motifs is 1. The number of pyridine rings is 1. The smallest absolute Gasteiger partial charge is 0.290 e. The van der Waals surface area contributed by atoms with E-state index in [9.17, 15) is 4.79 Å². The summed E-state index contributed by atoms with van der Waals surface area (Å²) >= 11 is 0. The minimum absolute atomic E-state index is 0.239. The van der Waals surface area contributed by atoms with Crippen LogP contribution in [0.15, 0.2) is 24.5 Å².